The highest BCUT2D eigenvalue weighted by atomic mass is 19.1. The number of ether oxygens (including phenoxy) is 2. The molecular formula is C29H28F2N4O7. The standard InChI is InChI=1S/C29H28F2N4O7/c1-41-23-11-8-18(14-24(23)42-2)28(39)34-12-13-35(29(40)32-21-5-3-4-20(31)15-21)27(34)26(38)33-22(16-25(36)37)17-6-9-19(30)10-7-17/h3-11,14-15,22,27H,12-13,16H2,1-2H3,(H,32,40)(H,33,38)(H,36,37). The Balaban J connectivity index is 1.67. The monoisotopic (exact) mass is 582 g/mol. The lowest BCUT2D eigenvalue weighted by atomic mass is 10.0. The molecule has 1 fully saturated rings. The van der Waals surface area contributed by atoms with Crippen LogP contribution in [0.4, 0.5) is 19.3 Å². The van der Waals surface area contributed by atoms with E-state index in [1.165, 1.54) is 62.8 Å². The summed E-state index contributed by atoms with van der Waals surface area (Å²) in [5.41, 5.74) is 0.566. The number of amides is 4. The number of nitrogens with zero attached hydrogens (tertiary/aromatic N) is 2. The maximum absolute atomic E-state index is 13.8. The molecule has 11 nitrogen and oxygen atoms in total. The van der Waals surface area contributed by atoms with E-state index < -0.39 is 54.1 Å². The summed E-state index contributed by atoms with van der Waals surface area (Å²) in [6.07, 6.45) is -2.07. The van der Waals surface area contributed by atoms with Crippen LogP contribution in [-0.2, 0) is 9.59 Å². The van der Waals surface area contributed by atoms with Crippen LogP contribution in [0.1, 0.15) is 28.4 Å². The molecule has 0 spiro atoms. The van der Waals surface area contributed by atoms with E-state index in [0.717, 1.165) is 28.0 Å². The van der Waals surface area contributed by atoms with Gasteiger partial charge in [-0.3, -0.25) is 19.3 Å². The van der Waals surface area contributed by atoms with Gasteiger partial charge in [0.05, 0.1) is 26.7 Å². The van der Waals surface area contributed by atoms with Crippen LogP contribution in [0.2, 0.25) is 0 Å². The molecule has 42 heavy (non-hydrogen) atoms. The highest BCUT2D eigenvalue weighted by molar-refractivity contribution is 6.01. The molecule has 220 valence electrons. The van der Waals surface area contributed by atoms with Crippen molar-refractivity contribution in [3.63, 3.8) is 0 Å². The summed E-state index contributed by atoms with van der Waals surface area (Å²) in [5.74, 6) is -3.22. The molecule has 4 amide bonds. The van der Waals surface area contributed by atoms with E-state index in [2.05, 4.69) is 10.6 Å². The average Bonchev–Trinajstić information content (AvgIpc) is 3.42. The predicted octanol–water partition coefficient (Wildman–Crippen LogP) is 3.63. The predicted molar refractivity (Wildman–Crippen MR) is 146 cm³/mol. The second-order valence-electron chi connectivity index (χ2n) is 9.29. The second-order valence-corrected chi connectivity index (χ2v) is 9.29. The summed E-state index contributed by atoms with van der Waals surface area (Å²) >= 11 is 0. The van der Waals surface area contributed by atoms with Gasteiger partial charge in [-0.15, -0.1) is 0 Å². The van der Waals surface area contributed by atoms with Crippen LogP contribution in [0.15, 0.2) is 66.7 Å². The van der Waals surface area contributed by atoms with Crippen molar-refractivity contribution in [1.82, 2.24) is 15.1 Å². The first kappa shape index (κ1) is 29.8. The molecule has 0 aromatic heterocycles. The van der Waals surface area contributed by atoms with Crippen molar-refractivity contribution in [3.8, 4) is 11.5 Å². The van der Waals surface area contributed by atoms with Gasteiger partial charge in [0.15, 0.2) is 17.7 Å². The number of methoxy groups -OCH3 is 2. The topological polar surface area (TPSA) is 138 Å². The van der Waals surface area contributed by atoms with Gasteiger partial charge in [-0.05, 0) is 54.1 Å². The Morgan fingerprint density at radius 2 is 1.60 bits per heavy atom. The number of rotatable bonds is 9. The number of nitrogens with one attached hydrogen (secondary N) is 2. The molecule has 0 bridgehead atoms. The van der Waals surface area contributed by atoms with E-state index >= 15 is 0 Å². The van der Waals surface area contributed by atoms with E-state index in [1.54, 1.807) is 0 Å². The zero-order valence-electron chi connectivity index (χ0n) is 22.7. The Morgan fingerprint density at radius 3 is 2.24 bits per heavy atom. The summed E-state index contributed by atoms with van der Waals surface area (Å²) in [5, 5.41) is 14.6. The van der Waals surface area contributed by atoms with Crippen LogP contribution in [0.3, 0.4) is 0 Å². The third-order valence-electron chi connectivity index (χ3n) is 6.60. The molecule has 3 aromatic rings. The Kier molecular flexibility index (Phi) is 9.20. The van der Waals surface area contributed by atoms with Crippen LogP contribution in [0, 0.1) is 11.6 Å². The number of urea groups is 1. The molecule has 1 aliphatic heterocycles. The maximum atomic E-state index is 13.8. The molecule has 0 radical (unpaired) electrons. The molecule has 2 unspecified atom stereocenters. The highest BCUT2D eigenvalue weighted by Gasteiger charge is 2.44. The fourth-order valence-corrected chi connectivity index (χ4v) is 4.60. The van der Waals surface area contributed by atoms with Crippen molar-refractivity contribution in [2.75, 3.05) is 32.6 Å². The van der Waals surface area contributed by atoms with Gasteiger partial charge in [0.2, 0.25) is 0 Å². The molecular weight excluding hydrogens is 554 g/mol. The maximum Gasteiger partial charge on any atom is 0.323 e. The van der Waals surface area contributed by atoms with Crippen molar-refractivity contribution >= 4 is 29.5 Å². The Labute approximate surface area is 239 Å². The number of carbonyl (C=O) groups is 4. The number of carbonyl (C=O) groups excluding carboxylic acids is 3. The fourth-order valence-electron chi connectivity index (χ4n) is 4.60. The number of hydrogen-bond donors (Lipinski definition) is 3. The van der Waals surface area contributed by atoms with Crippen LogP contribution >= 0.6 is 0 Å². The Morgan fingerprint density at radius 1 is 0.905 bits per heavy atom. The molecule has 2 atom stereocenters. The van der Waals surface area contributed by atoms with Crippen molar-refractivity contribution in [1.29, 1.82) is 0 Å². The first-order chi connectivity index (χ1) is 20.1. The van der Waals surface area contributed by atoms with Gasteiger partial charge in [0, 0.05) is 24.3 Å². The number of carboxylic acids is 1. The Bertz CT molecular complexity index is 1490. The molecule has 1 saturated heterocycles. The van der Waals surface area contributed by atoms with E-state index in [0.29, 0.717) is 11.3 Å². The van der Waals surface area contributed by atoms with E-state index in [-0.39, 0.29) is 30.1 Å². The normalized spacial score (nSPS) is 15.1. The van der Waals surface area contributed by atoms with E-state index in [4.69, 9.17) is 9.47 Å². The first-order valence-corrected chi connectivity index (χ1v) is 12.7. The van der Waals surface area contributed by atoms with E-state index in [1.807, 2.05) is 0 Å². The van der Waals surface area contributed by atoms with Gasteiger partial charge in [-0.1, -0.05) is 18.2 Å². The van der Waals surface area contributed by atoms with Gasteiger partial charge < -0.3 is 30.1 Å². The summed E-state index contributed by atoms with van der Waals surface area (Å²) in [6, 6.07) is 12.6. The molecule has 3 aromatic carbocycles. The van der Waals surface area contributed by atoms with E-state index in [9.17, 15) is 33.1 Å². The lowest BCUT2D eigenvalue weighted by Crippen LogP contribution is -2.55. The number of carboxylic acid groups (broad SMARTS) is 1. The van der Waals surface area contributed by atoms with Crippen LogP contribution in [-0.4, -0.2) is 72.2 Å². The van der Waals surface area contributed by atoms with Gasteiger partial charge in [0.1, 0.15) is 11.6 Å². The van der Waals surface area contributed by atoms with Gasteiger partial charge in [0.25, 0.3) is 11.8 Å². The summed E-state index contributed by atoms with van der Waals surface area (Å²) < 4.78 is 37.8. The Hall–Kier alpha value is -5.20. The lowest BCUT2D eigenvalue weighted by Gasteiger charge is -2.31. The molecule has 0 aliphatic carbocycles. The quantitative estimate of drug-likeness (QED) is 0.350. The van der Waals surface area contributed by atoms with Crippen molar-refractivity contribution in [3.05, 3.63) is 89.5 Å². The zero-order valence-corrected chi connectivity index (χ0v) is 22.7. The van der Waals surface area contributed by atoms with Crippen LogP contribution in [0.25, 0.3) is 0 Å². The van der Waals surface area contributed by atoms with Crippen LogP contribution in [0.5, 0.6) is 11.5 Å². The minimum Gasteiger partial charge on any atom is -0.493 e. The number of halogens is 2. The smallest absolute Gasteiger partial charge is 0.323 e. The lowest BCUT2D eigenvalue weighted by molar-refractivity contribution is -0.138. The van der Waals surface area contributed by atoms with Crippen molar-refractivity contribution in [2.24, 2.45) is 0 Å². The van der Waals surface area contributed by atoms with Crippen molar-refractivity contribution in [2.45, 2.75) is 18.6 Å². The summed E-state index contributed by atoms with van der Waals surface area (Å²) in [4.78, 5) is 54.6. The molecule has 1 aliphatic rings. The van der Waals surface area contributed by atoms with Gasteiger partial charge in [-0.25, -0.2) is 13.6 Å². The summed E-state index contributed by atoms with van der Waals surface area (Å²) in [7, 11) is 2.83. The van der Waals surface area contributed by atoms with Crippen molar-refractivity contribution < 1.29 is 42.5 Å². The fraction of sp³-hybridized carbons (Fsp3) is 0.241. The zero-order chi connectivity index (χ0) is 30.4. The van der Waals surface area contributed by atoms with Gasteiger partial charge in [-0.2, -0.15) is 0 Å². The number of benzene rings is 3. The molecule has 13 heteroatoms. The third-order valence-corrected chi connectivity index (χ3v) is 6.60. The average molecular weight is 583 g/mol. The first-order valence-electron chi connectivity index (χ1n) is 12.7. The largest absolute Gasteiger partial charge is 0.493 e. The second kappa shape index (κ2) is 13.0. The van der Waals surface area contributed by atoms with Crippen LogP contribution < -0.4 is 20.1 Å². The third kappa shape index (κ3) is 6.74. The van der Waals surface area contributed by atoms with Gasteiger partial charge >= 0.3 is 12.0 Å². The molecule has 0 saturated carbocycles. The highest BCUT2D eigenvalue weighted by Crippen LogP contribution is 2.30. The number of aliphatic carboxylic acids is 1. The number of hydrogen-bond acceptors (Lipinski definition) is 6. The number of anilines is 1. The minimum atomic E-state index is -1.52. The molecule has 3 N–H and O–H groups in total. The summed E-state index contributed by atoms with van der Waals surface area (Å²) in [6.45, 7) is -0.125. The molecule has 4 rings (SSSR count). The SMILES string of the molecule is COc1ccc(C(=O)N2CCN(C(=O)Nc3cccc(F)c3)C2C(=O)NC(CC(=O)O)c2ccc(F)cc2)cc1OC. The minimum absolute atomic E-state index is 0.0536. The molecule has 1 heterocycles.